The van der Waals surface area contributed by atoms with E-state index in [0.717, 1.165) is 36.2 Å². The molecule has 0 bridgehead atoms. The van der Waals surface area contributed by atoms with Crippen LogP contribution in [0.3, 0.4) is 0 Å². The number of benzene rings is 3. The summed E-state index contributed by atoms with van der Waals surface area (Å²) in [5.74, 6) is 0.279. The van der Waals surface area contributed by atoms with Gasteiger partial charge in [-0.3, -0.25) is 9.79 Å². The van der Waals surface area contributed by atoms with Gasteiger partial charge in [0.15, 0.2) is 0 Å². The van der Waals surface area contributed by atoms with Crippen LogP contribution in [0.5, 0.6) is 5.75 Å². The minimum atomic E-state index is -0.446. The molecule has 1 unspecified atom stereocenters. The van der Waals surface area contributed by atoms with Gasteiger partial charge < -0.3 is 20.7 Å². The number of anilines is 2. The third kappa shape index (κ3) is 5.38. The Labute approximate surface area is 242 Å². The highest BCUT2D eigenvalue weighted by Gasteiger charge is 2.26. The number of nitrogens with one attached hydrogen (secondary N) is 1. The number of rotatable bonds is 5. The summed E-state index contributed by atoms with van der Waals surface area (Å²) >= 11 is 6.40. The van der Waals surface area contributed by atoms with Crippen LogP contribution in [0.15, 0.2) is 71.9 Å². The average molecular weight is 571 g/mol. The summed E-state index contributed by atoms with van der Waals surface area (Å²) in [7, 11) is 1.50. The molecule has 1 saturated heterocycles. The van der Waals surface area contributed by atoms with E-state index in [1.165, 1.54) is 13.2 Å². The first-order valence-corrected chi connectivity index (χ1v) is 13.7. The first-order valence-electron chi connectivity index (χ1n) is 13.4. The number of carbonyl (C=O) groups excluding carboxylic acids is 1. The average Bonchev–Trinajstić information content (AvgIpc) is 3.13. The minimum Gasteiger partial charge on any atom is -0.496 e. The summed E-state index contributed by atoms with van der Waals surface area (Å²) in [6, 6.07) is 17.3. The van der Waals surface area contributed by atoms with Crippen LogP contribution in [0.1, 0.15) is 39.9 Å². The molecule has 208 valence electrons. The molecule has 1 amide bonds. The molecule has 41 heavy (non-hydrogen) atoms. The van der Waals surface area contributed by atoms with E-state index in [0.29, 0.717) is 45.8 Å². The maximum absolute atomic E-state index is 15.1. The van der Waals surface area contributed by atoms with E-state index >= 15 is 4.39 Å². The number of likely N-dealkylation sites (tertiary alicyclic amines) is 1. The van der Waals surface area contributed by atoms with Crippen LogP contribution >= 0.6 is 11.6 Å². The fourth-order valence-corrected chi connectivity index (χ4v) is 5.48. The summed E-state index contributed by atoms with van der Waals surface area (Å²) in [5.41, 5.74) is 10.9. The van der Waals surface area contributed by atoms with Crippen molar-refractivity contribution in [3.05, 3.63) is 100.0 Å². The lowest BCUT2D eigenvalue weighted by atomic mass is 9.94. The fraction of sp³-hybridized carbons (Fsp3) is 0.226. The topological polar surface area (TPSA) is 106 Å². The van der Waals surface area contributed by atoms with Crippen LogP contribution in [0, 0.1) is 5.82 Å². The van der Waals surface area contributed by atoms with Gasteiger partial charge in [-0.05, 0) is 61.4 Å². The molecule has 0 saturated carbocycles. The largest absolute Gasteiger partial charge is 0.496 e. The molecular weight excluding hydrogens is 543 g/mol. The molecule has 3 heterocycles. The van der Waals surface area contributed by atoms with E-state index in [-0.39, 0.29) is 24.1 Å². The number of fused-ring (bicyclic) bond motifs is 3. The zero-order valence-corrected chi connectivity index (χ0v) is 23.2. The van der Waals surface area contributed by atoms with Crippen molar-refractivity contribution in [3.8, 4) is 17.0 Å². The number of carbonyl (C=O) groups is 1. The van der Waals surface area contributed by atoms with Gasteiger partial charge in [-0.25, -0.2) is 14.4 Å². The van der Waals surface area contributed by atoms with Gasteiger partial charge in [0.1, 0.15) is 11.6 Å². The molecule has 1 fully saturated rings. The van der Waals surface area contributed by atoms with Gasteiger partial charge in [0, 0.05) is 58.3 Å². The Morgan fingerprint density at radius 1 is 1.15 bits per heavy atom. The zero-order chi connectivity index (χ0) is 28.5. The van der Waals surface area contributed by atoms with Crippen molar-refractivity contribution in [2.45, 2.75) is 25.4 Å². The number of hydrogen-bond donors (Lipinski definition) is 2. The Bertz CT molecular complexity index is 1660. The van der Waals surface area contributed by atoms with Crippen LogP contribution in [-0.4, -0.2) is 52.7 Å². The number of hydrogen-bond acceptors (Lipinski definition) is 7. The lowest BCUT2D eigenvalue weighted by Crippen LogP contribution is -2.45. The summed E-state index contributed by atoms with van der Waals surface area (Å²) in [4.78, 5) is 28.8. The third-order valence-corrected chi connectivity index (χ3v) is 7.56. The first-order chi connectivity index (χ1) is 19.9. The number of ether oxygens (including phenoxy) is 1. The van der Waals surface area contributed by atoms with Gasteiger partial charge in [0.05, 0.1) is 30.6 Å². The quantitative estimate of drug-likeness (QED) is 0.323. The summed E-state index contributed by atoms with van der Waals surface area (Å²) < 4.78 is 20.6. The number of nitrogens with two attached hydrogens (primary N) is 1. The summed E-state index contributed by atoms with van der Waals surface area (Å²) in [6.07, 6.45) is 3.57. The fourth-order valence-electron chi connectivity index (χ4n) is 5.30. The Balaban J connectivity index is 1.30. The number of piperidine rings is 1. The van der Waals surface area contributed by atoms with Crippen LogP contribution in [-0.2, 0) is 6.54 Å². The highest BCUT2D eigenvalue weighted by atomic mass is 35.5. The first kappa shape index (κ1) is 26.9. The normalized spacial score (nSPS) is 16.2. The molecule has 3 N–H and O–H groups in total. The molecule has 10 heteroatoms. The van der Waals surface area contributed by atoms with Crippen molar-refractivity contribution < 1.29 is 13.9 Å². The molecule has 1 aromatic heterocycles. The third-order valence-electron chi connectivity index (χ3n) is 7.33. The Morgan fingerprint density at radius 3 is 2.76 bits per heavy atom. The van der Waals surface area contributed by atoms with Crippen LogP contribution in [0.25, 0.3) is 11.3 Å². The van der Waals surface area contributed by atoms with Crippen LogP contribution in [0.4, 0.5) is 16.0 Å². The molecule has 0 aliphatic carbocycles. The van der Waals surface area contributed by atoms with Crippen molar-refractivity contribution in [1.29, 1.82) is 0 Å². The smallest absolute Gasteiger partial charge is 0.253 e. The number of halogens is 2. The minimum absolute atomic E-state index is 0.0227. The number of aliphatic imine (C=N–C) groups is 1. The second-order valence-electron chi connectivity index (χ2n) is 10.1. The summed E-state index contributed by atoms with van der Waals surface area (Å²) in [6.45, 7) is 1.53. The van der Waals surface area contributed by atoms with E-state index in [4.69, 9.17) is 32.0 Å². The van der Waals surface area contributed by atoms with Gasteiger partial charge in [-0.2, -0.15) is 0 Å². The molecule has 3 aromatic carbocycles. The maximum Gasteiger partial charge on any atom is 0.253 e. The molecule has 2 aliphatic heterocycles. The van der Waals surface area contributed by atoms with Gasteiger partial charge in [-0.1, -0.05) is 23.7 Å². The monoisotopic (exact) mass is 570 g/mol. The van der Waals surface area contributed by atoms with Crippen molar-refractivity contribution in [3.63, 3.8) is 0 Å². The lowest BCUT2D eigenvalue weighted by molar-refractivity contribution is 0.0709. The van der Waals surface area contributed by atoms with Gasteiger partial charge in [0.2, 0.25) is 5.95 Å². The molecule has 0 radical (unpaired) electrons. The molecule has 2 aliphatic rings. The van der Waals surface area contributed by atoms with Crippen molar-refractivity contribution in [1.82, 2.24) is 14.9 Å². The Kier molecular flexibility index (Phi) is 7.38. The standard InChI is InChI=1S/C31H28ClFN6O2/c1-41-26-6-2-5-25(33)27(26)29-24-14-20(32)9-12-23(24)28-19(15-35-29)16-36-31(38-28)37-22-10-7-18(8-11-22)30(40)39-13-3-4-21(34)17-39/h2,5-12,14,16,21H,3-4,13,15,17,34H2,1H3,(H,36,37,38). The molecule has 1 atom stereocenters. The molecule has 0 spiro atoms. The zero-order valence-electron chi connectivity index (χ0n) is 22.4. The van der Waals surface area contributed by atoms with Crippen molar-refractivity contribution >= 4 is 34.9 Å². The number of nitrogens with zero attached hydrogens (tertiary/aromatic N) is 4. The second kappa shape index (κ2) is 11.3. The molecule has 6 rings (SSSR count). The van der Waals surface area contributed by atoms with E-state index in [2.05, 4.69) is 10.3 Å². The number of aromatic nitrogens is 2. The number of methoxy groups -OCH3 is 1. The molecule has 4 aromatic rings. The van der Waals surface area contributed by atoms with Crippen molar-refractivity contribution in [2.75, 3.05) is 25.5 Å². The van der Waals surface area contributed by atoms with Gasteiger partial charge in [0.25, 0.3) is 5.91 Å². The second-order valence-corrected chi connectivity index (χ2v) is 10.5. The maximum atomic E-state index is 15.1. The highest BCUT2D eigenvalue weighted by Crippen LogP contribution is 2.36. The van der Waals surface area contributed by atoms with Gasteiger partial charge >= 0.3 is 0 Å². The SMILES string of the molecule is COc1cccc(F)c1C1=NCc2cnc(Nc3ccc(C(=O)N4CCCC(N)C4)cc3)nc2-c2ccc(Cl)cc21. The van der Waals surface area contributed by atoms with Crippen LogP contribution in [0.2, 0.25) is 5.02 Å². The van der Waals surface area contributed by atoms with Crippen LogP contribution < -0.4 is 15.8 Å². The van der Waals surface area contributed by atoms with Gasteiger partial charge in [-0.15, -0.1) is 0 Å². The van der Waals surface area contributed by atoms with E-state index in [1.807, 2.05) is 23.1 Å². The predicted molar refractivity (Wildman–Crippen MR) is 158 cm³/mol. The van der Waals surface area contributed by atoms with E-state index in [9.17, 15) is 4.79 Å². The molecule has 8 nitrogen and oxygen atoms in total. The van der Waals surface area contributed by atoms with E-state index in [1.54, 1.807) is 42.6 Å². The summed E-state index contributed by atoms with van der Waals surface area (Å²) in [5, 5.41) is 3.72. The lowest BCUT2D eigenvalue weighted by Gasteiger charge is -2.30. The molecular formula is C31H28ClFN6O2. The highest BCUT2D eigenvalue weighted by molar-refractivity contribution is 6.31. The Morgan fingerprint density at radius 2 is 1.98 bits per heavy atom. The Hall–Kier alpha value is -4.34. The van der Waals surface area contributed by atoms with E-state index < -0.39 is 5.82 Å². The predicted octanol–water partition coefficient (Wildman–Crippen LogP) is 5.60. The van der Waals surface area contributed by atoms with Crippen molar-refractivity contribution in [2.24, 2.45) is 10.7 Å². The number of amides is 1.